The van der Waals surface area contributed by atoms with E-state index in [0.717, 1.165) is 5.57 Å². The van der Waals surface area contributed by atoms with Gasteiger partial charge in [-0.2, -0.15) is 0 Å². The van der Waals surface area contributed by atoms with Crippen LogP contribution in [0.2, 0.25) is 0 Å². The van der Waals surface area contributed by atoms with Crippen molar-refractivity contribution >= 4 is 5.69 Å². The molecule has 0 saturated heterocycles. The minimum Gasteiger partial charge on any atom is -0.507 e. The lowest BCUT2D eigenvalue weighted by molar-refractivity contribution is -0.385. The van der Waals surface area contributed by atoms with E-state index in [1.165, 1.54) is 12.1 Å². The summed E-state index contributed by atoms with van der Waals surface area (Å²) in [6.07, 6.45) is 0.401. The van der Waals surface area contributed by atoms with Crippen LogP contribution >= 0.6 is 0 Å². The quantitative estimate of drug-likeness (QED) is 0.477. The molecular weight excluding hydrogens is 220 g/mol. The molecule has 3 N–H and O–H groups in total. The van der Waals surface area contributed by atoms with Gasteiger partial charge in [0.15, 0.2) is 0 Å². The standard InChI is InChI=1S/C12H16N2O3/c1-7(2)6-9(13)11-10(14(16)17)5-4-8(3)12(11)15/h4-5,9,15H,1,6,13H2,2-3H3/t9-/m0/s1. The molecule has 0 saturated carbocycles. The van der Waals surface area contributed by atoms with E-state index in [2.05, 4.69) is 6.58 Å². The van der Waals surface area contributed by atoms with Crippen LogP contribution in [-0.2, 0) is 0 Å². The number of phenolic OH excluding ortho intramolecular Hbond substituents is 1. The maximum Gasteiger partial charge on any atom is 0.277 e. The Morgan fingerprint density at radius 2 is 2.24 bits per heavy atom. The molecular formula is C12H16N2O3. The summed E-state index contributed by atoms with van der Waals surface area (Å²) in [5.74, 6) is -0.104. The van der Waals surface area contributed by atoms with Crippen molar-refractivity contribution in [2.45, 2.75) is 26.3 Å². The predicted molar refractivity (Wildman–Crippen MR) is 65.9 cm³/mol. The maximum atomic E-state index is 10.9. The average molecular weight is 236 g/mol. The number of nitrogens with zero attached hydrogens (tertiary/aromatic N) is 1. The van der Waals surface area contributed by atoms with E-state index in [1.807, 2.05) is 0 Å². The molecule has 0 bridgehead atoms. The molecule has 1 aromatic rings. The van der Waals surface area contributed by atoms with Crippen LogP contribution in [0.3, 0.4) is 0 Å². The zero-order valence-corrected chi connectivity index (χ0v) is 9.93. The van der Waals surface area contributed by atoms with Gasteiger partial charge in [-0.25, -0.2) is 0 Å². The lowest BCUT2D eigenvalue weighted by atomic mass is 9.96. The monoisotopic (exact) mass is 236 g/mol. The molecule has 0 aliphatic heterocycles. The second kappa shape index (κ2) is 4.97. The number of nitro benzene ring substituents is 1. The number of hydrogen-bond acceptors (Lipinski definition) is 4. The van der Waals surface area contributed by atoms with Gasteiger partial charge in [0.05, 0.1) is 10.5 Å². The first kappa shape index (κ1) is 13.2. The highest BCUT2D eigenvalue weighted by Gasteiger charge is 2.24. The van der Waals surface area contributed by atoms with Crippen molar-refractivity contribution in [3.63, 3.8) is 0 Å². The molecule has 0 fully saturated rings. The van der Waals surface area contributed by atoms with E-state index >= 15 is 0 Å². The van der Waals surface area contributed by atoms with Crippen molar-refractivity contribution in [2.24, 2.45) is 5.73 Å². The predicted octanol–water partition coefficient (Wildman–Crippen LogP) is 2.57. The molecule has 0 radical (unpaired) electrons. The minimum atomic E-state index is -0.618. The van der Waals surface area contributed by atoms with Gasteiger partial charge < -0.3 is 10.8 Å². The number of nitro groups is 1. The molecule has 0 aromatic heterocycles. The van der Waals surface area contributed by atoms with Crippen molar-refractivity contribution in [1.29, 1.82) is 0 Å². The van der Waals surface area contributed by atoms with Crippen LogP contribution in [0.15, 0.2) is 24.3 Å². The van der Waals surface area contributed by atoms with Gasteiger partial charge in [0.1, 0.15) is 5.75 Å². The number of aromatic hydroxyl groups is 1. The summed E-state index contributed by atoms with van der Waals surface area (Å²) in [4.78, 5) is 10.4. The van der Waals surface area contributed by atoms with Gasteiger partial charge in [-0.05, 0) is 31.9 Å². The van der Waals surface area contributed by atoms with Crippen LogP contribution in [0.5, 0.6) is 5.75 Å². The molecule has 17 heavy (non-hydrogen) atoms. The first-order valence-electron chi connectivity index (χ1n) is 5.21. The number of aryl methyl sites for hydroxylation is 1. The number of phenols is 1. The van der Waals surface area contributed by atoms with E-state index in [4.69, 9.17) is 5.73 Å². The van der Waals surface area contributed by atoms with Crippen LogP contribution in [0.1, 0.15) is 30.5 Å². The Bertz CT molecular complexity index is 469. The molecule has 0 aliphatic carbocycles. The topological polar surface area (TPSA) is 89.4 Å². The van der Waals surface area contributed by atoms with Gasteiger partial charge in [0.2, 0.25) is 0 Å². The van der Waals surface area contributed by atoms with Gasteiger partial charge in [0.25, 0.3) is 5.69 Å². The van der Waals surface area contributed by atoms with Crippen LogP contribution in [-0.4, -0.2) is 10.0 Å². The fourth-order valence-corrected chi connectivity index (χ4v) is 1.71. The second-order valence-corrected chi connectivity index (χ2v) is 4.19. The molecule has 0 spiro atoms. The molecule has 1 atom stereocenters. The van der Waals surface area contributed by atoms with Crippen LogP contribution in [0, 0.1) is 17.0 Å². The third kappa shape index (κ3) is 2.82. The molecule has 92 valence electrons. The van der Waals surface area contributed by atoms with E-state index < -0.39 is 11.0 Å². The van der Waals surface area contributed by atoms with Gasteiger partial charge in [-0.3, -0.25) is 10.1 Å². The normalized spacial score (nSPS) is 12.2. The van der Waals surface area contributed by atoms with Gasteiger partial charge in [0, 0.05) is 12.1 Å². The highest BCUT2D eigenvalue weighted by Crippen LogP contribution is 2.36. The summed E-state index contributed by atoms with van der Waals surface area (Å²) in [7, 11) is 0. The highest BCUT2D eigenvalue weighted by atomic mass is 16.6. The number of hydrogen-bond donors (Lipinski definition) is 2. The Kier molecular flexibility index (Phi) is 3.85. The molecule has 5 nitrogen and oxygen atoms in total. The molecule has 0 unspecified atom stereocenters. The fourth-order valence-electron chi connectivity index (χ4n) is 1.71. The van der Waals surface area contributed by atoms with Crippen LogP contribution in [0.4, 0.5) is 5.69 Å². The smallest absolute Gasteiger partial charge is 0.277 e. The van der Waals surface area contributed by atoms with Crippen molar-refractivity contribution in [1.82, 2.24) is 0 Å². The van der Waals surface area contributed by atoms with E-state index in [9.17, 15) is 15.2 Å². The zero-order valence-electron chi connectivity index (χ0n) is 9.93. The Balaban J connectivity index is 3.32. The molecule has 0 heterocycles. The third-order valence-electron chi connectivity index (χ3n) is 2.53. The number of rotatable bonds is 4. The lowest BCUT2D eigenvalue weighted by Gasteiger charge is -2.15. The third-order valence-corrected chi connectivity index (χ3v) is 2.53. The summed E-state index contributed by atoms with van der Waals surface area (Å²) in [6.45, 7) is 7.18. The zero-order chi connectivity index (χ0) is 13.2. The Labute approximate surface area is 99.7 Å². The van der Waals surface area contributed by atoms with Crippen molar-refractivity contribution in [3.8, 4) is 5.75 Å². The molecule has 1 rings (SSSR count). The molecule has 1 aromatic carbocycles. The average Bonchev–Trinajstić information content (AvgIpc) is 2.20. The molecule has 5 heteroatoms. The largest absolute Gasteiger partial charge is 0.507 e. The van der Waals surface area contributed by atoms with Crippen molar-refractivity contribution < 1.29 is 10.0 Å². The maximum absolute atomic E-state index is 10.9. The Morgan fingerprint density at radius 3 is 2.71 bits per heavy atom. The summed E-state index contributed by atoms with van der Waals surface area (Å²) in [5, 5.41) is 20.8. The SMILES string of the molecule is C=C(C)C[C@H](N)c1c([N+](=O)[O-])ccc(C)c1O. The van der Waals surface area contributed by atoms with E-state index in [-0.39, 0.29) is 17.0 Å². The van der Waals surface area contributed by atoms with Crippen molar-refractivity contribution in [3.05, 3.63) is 45.5 Å². The van der Waals surface area contributed by atoms with Crippen LogP contribution < -0.4 is 5.73 Å². The van der Waals surface area contributed by atoms with Gasteiger partial charge >= 0.3 is 0 Å². The summed E-state index contributed by atoms with van der Waals surface area (Å²) < 4.78 is 0. The summed E-state index contributed by atoms with van der Waals surface area (Å²) >= 11 is 0. The second-order valence-electron chi connectivity index (χ2n) is 4.19. The Morgan fingerprint density at radius 1 is 1.65 bits per heavy atom. The fraction of sp³-hybridized carbons (Fsp3) is 0.333. The lowest BCUT2D eigenvalue weighted by Crippen LogP contribution is -2.13. The van der Waals surface area contributed by atoms with Gasteiger partial charge in [-0.15, -0.1) is 6.58 Å². The van der Waals surface area contributed by atoms with E-state index in [1.54, 1.807) is 13.8 Å². The molecule has 0 amide bonds. The summed E-state index contributed by atoms with van der Waals surface area (Å²) in [5.41, 5.74) is 7.29. The van der Waals surface area contributed by atoms with Gasteiger partial charge in [-0.1, -0.05) is 5.57 Å². The van der Waals surface area contributed by atoms with E-state index in [0.29, 0.717) is 12.0 Å². The Hall–Kier alpha value is -1.88. The van der Waals surface area contributed by atoms with Crippen molar-refractivity contribution in [2.75, 3.05) is 0 Å². The highest BCUT2D eigenvalue weighted by molar-refractivity contribution is 5.54. The molecule has 0 aliphatic rings. The summed E-state index contributed by atoms with van der Waals surface area (Å²) in [6, 6.07) is 2.25. The first-order chi connectivity index (χ1) is 7.84. The number of benzene rings is 1. The number of nitrogens with two attached hydrogens (primary N) is 1. The first-order valence-corrected chi connectivity index (χ1v) is 5.21. The minimum absolute atomic E-state index is 0.104. The van der Waals surface area contributed by atoms with Crippen LogP contribution in [0.25, 0.3) is 0 Å².